The fourth-order valence-electron chi connectivity index (χ4n) is 1.84. The van der Waals surface area contributed by atoms with Gasteiger partial charge < -0.3 is 5.32 Å². The van der Waals surface area contributed by atoms with Crippen molar-refractivity contribution in [3.8, 4) is 0 Å². The molecule has 0 aliphatic rings. The number of sulfonamides is 1. The highest BCUT2D eigenvalue weighted by Crippen LogP contribution is 2.18. The summed E-state index contributed by atoms with van der Waals surface area (Å²) in [6, 6.07) is 13.1. The molecule has 0 saturated carbocycles. The fourth-order valence-corrected chi connectivity index (χ4v) is 3.64. The van der Waals surface area contributed by atoms with E-state index in [0.29, 0.717) is 10.7 Å². The Kier molecular flexibility index (Phi) is 6.01. The number of carbonyl (C=O) groups excluding carboxylic acids is 1. The molecule has 23 heavy (non-hydrogen) atoms. The van der Waals surface area contributed by atoms with Crippen molar-refractivity contribution in [2.24, 2.45) is 0 Å². The maximum atomic E-state index is 12.4. The van der Waals surface area contributed by atoms with Crippen molar-refractivity contribution in [2.75, 3.05) is 18.9 Å². The third kappa shape index (κ3) is 4.90. The highest BCUT2D eigenvalue weighted by atomic mass is 127. The molecule has 1 amide bonds. The van der Waals surface area contributed by atoms with Crippen LogP contribution >= 0.6 is 34.2 Å². The molecular formula is C15H14ClIN2O3S. The molecule has 0 aromatic heterocycles. The summed E-state index contributed by atoms with van der Waals surface area (Å²) in [5, 5.41) is 3.12. The second kappa shape index (κ2) is 7.61. The molecule has 0 spiro atoms. The van der Waals surface area contributed by atoms with Crippen LogP contribution in [0.2, 0.25) is 5.02 Å². The van der Waals surface area contributed by atoms with Gasteiger partial charge >= 0.3 is 0 Å². The zero-order valence-electron chi connectivity index (χ0n) is 12.2. The number of carbonyl (C=O) groups is 1. The summed E-state index contributed by atoms with van der Waals surface area (Å²) in [6.45, 7) is -0.281. The van der Waals surface area contributed by atoms with Crippen LogP contribution < -0.4 is 5.32 Å². The predicted molar refractivity (Wildman–Crippen MR) is 99.1 cm³/mol. The fraction of sp³-hybridized carbons (Fsp3) is 0.133. The Balaban J connectivity index is 2.06. The summed E-state index contributed by atoms with van der Waals surface area (Å²) >= 11 is 7.89. The van der Waals surface area contributed by atoms with E-state index < -0.39 is 15.9 Å². The topological polar surface area (TPSA) is 66.5 Å². The first kappa shape index (κ1) is 18.2. The first-order valence-electron chi connectivity index (χ1n) is 6.56. The molecule has 122 valence electrons. The van der Waals surface area contributed by atoms with Gasteiger partial charge in [0, 0.05) is 21.3 Å². The molecule has 5 nitrogen and oxygen atoms in total. The van der Waals surface area contributed by atoms with Crippen LogP contribution in [-0.4, -0.2) is 32.2 Å². The minimum Gasteiger partial charge on any atom is -0.325 e. The van der Waals surface area contributed by atoms with Gasteiger partial charge in [-0.2, -0.15) is 4.31 Å². The molecule has 0 aliphatic heterocycles. The summed E-state index contributed by atoms with van der Waals surface area (Å²) in [7, 11) is -2.38. The third-order valence-electron chi connectivity index (χ3n) is 3.00. The van der Waals surface area contributed by atoms with E-state index in [4.69, 9.17) is 11.6 Å². The van der Waals surface area contributed by atoms with Crippen molar-refractivity contribution in [2.45, 2.75) is 4.90 Å². The highest BCUT2D eigenvalue weighted by Gasteiger charge is 2.22. The number of halogens is 2. The summed E-state index contributed by atoms with van der Waals surface area (Å²) in [5.74, 6) is -0.410. The lowest BCUT2D eigenvalue weighted by atomic mass is 10.3. The Morgan fingerprint density at radius 2 is 1.87 bits per heavy atom. The van der Waals surface area contributed by atoms with Crippen molar-refractivity contribution in [1.82, 2.24) is 4.31 Å². The van der Waals surface area contributed by atoms with E-state index in [9.17, 15) is 13.2 Å². The Morgan fingerprint density at radius 1 is 1.22 bits per heavy atom. The number of anilines is 1. The van der Waals surface area contributed by atoms with Crippen LogP contribution in [0.3, 0.4) is 0 Å². The molecule has 2 aromatic rings. The zero-order chi connectivity index (χ0) is 17.0. The van der Waals surface area contributed by atoms with Crippen LogP contribution in [0.25, 0.3) is 0 Å². The standard InChI is InChI=1S/C15H14ClIN2O3S/c1-19(23(21,22)14-7-5-11(16)6-8-14)10-15(20)18-13-4-2-3-12(17)9-13/h2-9H,10H2,1H3,(H,18,20). The van der Waals surface area contributed by atoms with Crippen molar-refractivity contribution in [3.63, 3.8) is 0 Å². The highest BCUT2D eigenvalue weighted by molar-refractivity contribution is 14.1. The van der Waals surface area contributed by atoms with E-state index in [-0.39, 0.29) is 11.4 Å². The summed E-state index contributed by atoms with van der Waals surface area (Å²) in [6.07, 6.45) is 0. The number of rotatable bonds is 5. The smallest absolute Gasteiger partial charge is 0.243 e. The lowest BCUT2D eigenvalue weighted by Crippen LogP contribution is -2.34. The van der Waals surface area contributed by atoms with Gasteiger partial charge in [-0.15, -0.1) is 0 Å². The van der Waals surface area contributed by atoms with E-state index in [1.165, 1.54) is 31.3 Å². The molecule has 0 radical (unpaired) electrons. The Hall–Kier alpha value is -1.16. The zero-order valence-corrected chi connectivity index (χ0v) is 15.9. The monoisotopic (exact) mass is 464 g/mol. The maximum absolute atomic E-state index is 12.4. The van der Waals surface area contributed by atoms with Crippen LogP contribution in [0.1, 0.15) is 0 Å². The van der Waals surface area contributed by atoms with Gasteiger partial charge in [-0.1, -0.05) is 17.7 Å². The van der Waals surface area contributed by atoms with E-state index in [1.807, 2.05) is 12.1 Å². The summed E-state index contributed by atoms with van der Waals surface area (Å²) in [5.41, 5.74) is 0.624. The van der Waals surface area contributed by atoms with Crippen LogP contribution in [0.15, 0.2) is 53.4 Å². The van der Waals surface area contributed by atoms with E-state index in [1.54, 1.807) is 12.1 Å². The van der Waals surface area contributed by atoms with Crippen LogP contribution in [-0.2, 0) is 14.8 Å². The van der Waals surface area contributed by atoms with Gasteiger partial charge in [-0.05, 0) is 65.1 Å². The van der Waals surface area contributed by atoms with E-state index in [0.717, 1.165) is 7.88 Å². The molecule has 0 aliphatic carbocycles. The Morgan fingerprint density at radius 3 is 2.48 bits per heavy atom. The lowest BCUT2D eigenvalue weighted by molar-refractivity contribution is -0.116. The van der Waals surface area contributed by atoms with Crippen molar-refractivity contribution >= 4 is 55.8 Å². The third-order valence-corrected chi connectivity index (χ3v) is 5.74. The first-order valence-corrected chi connectivity index (χ1v) is 9.46. The quantitative estimate of drug-likeness (QED) is 0.691. The molecule has 0 heterocycles. The number of nitrogens with one attached hydrogen (secondary N) is 1. The van der Waals surface area contributed by atoms with Crippen LogP contribution in [0.5, 0.6) is 0 Å². The molecule has 0 atom stereocenters. The number of likely N-dealkylation sites (N-methyl/N-ethyl adjacent to an activating group) is 1. The van der Waals surface area contributed by atoms with Crippen LogP contribution in [0.4, 0.5) is 5.69 Å². The van der Waals surface area contributed by atoms with Gasteiger partial charge in [0.1, 0.15) is 0 Å². The van der Waals surface area contributed by atoms with Gasteiger partial charge in [-0.3, -0.25) is 4.79 Å². The number of nitrogens with zero attached hydrogens (tertiary/aromatic N) is 1. The van der Waals surface area contributed by atoms with Crippen molar-refractivity contribution < 1.29 is 13.2 Å². The number of hydrogen-bond donors (Lipinski definition) is 1. The summed E-state index contributed by atoms with van der Waals surface area (Å²) < 4.78 is 26.7. The molecule has 8 heteroatoms. The average molecular weight is 465 g/mol. The second-order valence-corrected chi connectivity index (χ2v) is 8.50. The van der Waals surface area contributed by atoms with Crippen LogP contribution in [0, 0.1) is 3.57 Å². The van der Waals surface area contributed by atoms with Crippen molar-refractivity contribution in [1.29, 1.82) is 0 Å². The normalized spacial score (nSPS) is 11.5. The molecule has 2 aromatic carbocycles. The molecule has 0 saturated heterocycles. The minimum atomic E-state index is -3.74. The average Bonchev–Trinajstić information content (AvgIpc) is 2.47. The van der Waals surface area contributed by atoms with Crippen molar-refractivity contribution in [3.05, 3.63) is 57.1 Å². The maximum Gasteiger partial charge on any atom is 0.243 e. The SMILES string of the molecule is CN(CC(=O)Nc1cccc(I)c1)S(=O)(=O)c1ccc(Cl)cc1. The molecular weight excluding hydrogens is 451 g/mol. The number of amides is 1. The van der Waals surface area contributed by atoms with E-state index in [2.05, 4.69) is 27.9 Å². The van der Waals surface area contributed by atoms with Gasteiger partial charge in [0.2, 0.25) is 15.9 Å². The van der Waals surface area contributed by atoms with Gasteiger partial charge in [-0.25, -0.2) is 8.42 Å². The van der Waals surface area contributed by atoms with E-state index >= 15 is 0 Å². The minimum absolute atomic E-state index is 0.0893. The lowest BCUT2D eigenvalue weighted by Gasteiger charge is -2.17. The molecule has 1 N–H and O–H groups in total. The Bertz CT molecular complexity index is 810. The van der Waals surface area contributed by atoms with Gasteiger partial charge in [0.25, 0.3) is 0 Å². The Labute approximate surface area is 153 Å². The molecule has 0 bridgehead atoms. The molecule has 2 rings (SSSR count). The first-order chi connectivity index (χ1) is 10.8. The number of hydrogen-bond acceptors (Lipinski definition) is 3. The summed E-state index contributed by atoms with van der Waals surface area (Å²) in [4.78, 5) is 12.1. The largest absolute Gasteiger partial charge is 0.325 e. The molecule has 0 fully saturated rings. The van der Waals surface area contributed by atoms with Gasteiger partial charge in [0.15, 0.2) is 0 Å². The number of benzene rings is 2. The predicted octanol–water partition coefficient (Wildman–Crippen LogP) is 3.20. The van der Waals surface area contributed by atoms with Gasteiger partial charge in [0.05, 0.1) is 11.4 Å². The molecule has 0 unspecified atom stereocenters. The second-order valence-electron chi connectivity index (χ2n) is 4.77.